The van der Waals surface area contributed by atoms with E-state index < -0.39 is 0 Å². The molecule has 0 aliphatic heterocycles. The van der Waals surface area contributed by atoms with E-state index in [1.165, 1.54) is 6.92 Å². The first-order valence-corrected chi connectivity index (χ1v) is 7.84. The summed E-state index contributed by atoms with van der Waals surface area (Å²) in [5.74, 6) is 1.96. The van der Waals surface area contributed by atoms with Gasteiger partial charge >= 0.3 is 0 Å². The first-order valence-electron chi connectivity index (χ1n) is 7.84. The lowest BCUT2D eigenvalue weighted by atomic mass is 10.2. The summed E-state index contributed by atoms with van der Waals surface area (Å²) in [6.45, 7) is 3.19. The molecule has 4 heterocycles. The van der Waals surface area contributed by atoms with Crippen LogP contribution in [0, 0.1) is 6.92 Å². The van der Waals surface area contributed by atoms with E-state index in [1.807, 2.05) is 6.07 Å². The zero-order chi connectivity index (χ0) is 18.1. The number of fused-ring (bicyclic) bond motifs is 1. The topological polar surface area (TPSA) is 126 Å². The van der Waals surface area contributed by atoms with Gasteiger partial charge in [-0.05, 0) is 19.1 Å². The number of anilines is 3. The van der Waals surface area contributed by atoms with Crippen LogP contribution in [0.15, 0.2) is 36.7 Å². The quantitative estimate of drug-likeness (QED) is 0.514. The van der Waals surface area contributed by atoms with Gasteiger partial charge in [-0.15, -0.1) is 0 Å². The van der Waals surface area contributed by atoms with Crippen molar-refractivity contribution in [1.82, 2.24) is 34.8 Å². The van der Waals surface area contributed by atoms with Crippen LogP contribution in [-0.2, 0) is 4.79 Å². The number of aromatic nitrogens is 7. The number of H-pyrrole nitrogens is 1. The summed E-state index contributed by atoms with van der Waals surface area (Å²) in [7, 11) is 0. The van der Waals surface area contributed by atoms with Gasteiger partial charge in [0.2, 0.25) is 5.91 Å². The number of nitrogens with zero attached hydrogens (tertiary/aromatic N) is 6. The van der Waals surface area contributed by atoms with Gasteiger partial charge in [0.1, 0.15) is 23.2 Å². The third kappa shape index (κ3) is 2.95. The Morgan fingerprint density at radius 1 is 1.19 bits per heavy atom. The summed E-state index contributed by atoms with van der Waals surface area (Å²) in [6.07, 6.45) is 3.31. The number of nitrogens with one attached hydrogen (secondary N) is 3. The average molecular weight is 349 g/mol. The van der Waals surface area contributed by atoms with Crippen molar-refractivity contribution in [2.45, 2.75) is 13.8 Å². The number of aromatic amines is 1. The summed E-state index contributed by atoms with van der Waals surface area (Å²) in [6, 6.07) is 7.12. The van der Waals surface area contributed by atoms with E-state index in [0.29, 0.717) is 40.3 Å². The Bertz CT molecular complexity index is 1080. The van der Waals surface area contributed by atoms with Crippen molar-refractivity contribution in [1.29, 1.82) is 0 Å². The SMILES string of the molecule is CC(=O)Nc1cc(-c2c(Nc3ccn[nH]3)nc3cccnn23)nc(C)n1. The van der Waals surface area contributed by atoms with Crippen LogP contribution < -0.4 is 10.6 Å². The summed E-state index contributed by atoms with van der Waals surface area (Å²) in [5, 5.41) is 17.0. The summed E-state index contributed by atoms with van der Waals surface area (Å²) < 4.78 is 1.68. The van der Waals surface area contributed by atoms with E-state index in [0.717, 1.165) is 0 Å². The summed E-state index contributed by atoms with van der Waals surface area (Å²) in [5.41, 5.74) is 1.88. The molecule has 26 heavy (non-hydrogen) atoms. The molecule has 0 aromatic carbocycles. The maximum atomic E-state index is 11.4. The monoisotopic (exact) mass is 349 g/mol. The lowest BCUT2D eigenvalue weighted by Gasteiger charge is -2.08. The van der Waals surface area contributed by atoms with Crippen LogP contribution in [0.25, 0.3) is 17.0 Å². The Balaban J connectivity index is 1.89. The normalized spacial score (nSPS) is 10.8. The van der Waals surface area contributed by atoms with Gasteiger partial charge in [0, 0.05) is 25.3 Å². The highest BCUT2D eigenvalue weighted by molar-refractivity contribution is 5.88. The number of hydrogen-bond acceptors (Lipinski definition) is 7. The van der Waals surface area contributed by atoms with Crippen molar-refractivity contribution in [3.63, 3.8) is 0 Å². The van der Waals surface area contributed by atoms with Crippen LogP contribution in [0.5, 0.6) is 0 Å². The highest BCUT2D eigenvalue weighted by atomic mass is 16.1. The molecule has 4 aromatic heterocycles. The van der Waals surface area contributed by atoms with E-state index in [-0.39, 0.29) is 5.91 Å². The molecule has 0 bridgehead atoms. The molecule has 0 saturated carbocycles. The highest BCUT2D eigenvalue weighted by Crippen LogP contribution is 2.30. The predicted octanol–water partition coefficient (Wildman–Crippen LogP) is 1.92. The molecule has 10 nitrogen and oxygen atoms in total. The van der Waals surface area contributed by atoms with Crippen molar-refractivity contribution < 1.29 is 4.79 Å². The Morgan fingerprint density at radius 2 is 2.08 bits per heavy atom. The van der Waals surface area contributed by atoms with Crippen molar-refractivity contribution in [3.8, 4) is 11.4 Å². The zero-order valence-corrected chi connectivity index (χ0v) is 14.1. The van der Waals surface area contributed by atoms with Gasteiger partial charge in [0.05, 0.1) is 11.9 Å². The fourth-order valence-corrected chi connectivity index (χ4v) is 2.59. The van der Waals surface area contributed by atoms with E-state index in [2.05, 4.69) is 40.9 Å². The van der Waals surface area contributed by atoms with Gasteiger partial charge in [-0.2, -0.15) is 10.2 Å². The van der Waals surface area contributed by atoms with Crippen LogP contribution in [0.4, 0.5) is 17.5 Å². The van der Waals surface area contributed by atoms with Crippen molar-refractivity contribution in [2.24, 2.45) is 0 Å². The zero-order valence-electron chi connectivity index (χ0n) is 14.1. The van der Waals surface area contributed by atoms with Crippen LogP contribution in [-0.4, -0.2) is 40.7 Å². The molecule has 0 unspecified atom stereocenters. The standard InChI is InChI=1S/C16H15N9O/c1-9-19-11(8-13(20-9)21-10(2)26)15-16(22-12-5-7-17-24-12)23-14-4-3-6-18-25(14)15/h3-8H,1-2H3,(H2,17,22,24)(H,19,20,21,26). The van der Waals surface area contributed by atoms with Gasteiger partial charge in [0.15, 0.2) is 11.5 Å². The van der Waals surface area contributed by atoms with E-state index in [1.54, 1.807) is 42.0 Å². The molecule has 4 rings (SSSR count). The molecular weight excluding hydrogens is 334 g/mol. The highest BCUT2D eigenvalue weighted by Gasteiger charge is 2.18. The summed E-state index contributed by atoms with van der Waals surface area (Å²) >= 11 is 0. The molecule has 0 fully saturated rings. The first-order chi connectivity index (χ1) is 12.6. The second-order valence-corrected chi connectivity index (χ2v) is 5.56. The van der Waals surface area contributed by atoms with Gasteiger partial charge in [-0.1, -0.05) is 0 Å². The third-order valence-electron chi connectivity index (χ3n) is 3.53. The van der Waals surface area contributed by atoms with Crippen LogP contribution >= 0.6 is 0 Å². The largest absolute Gasteiger partial charge is 0.323 e. The lowest BCUT2D eigenvalue weighted by molar-refractivity contribution is -0.114. The fourth-order valence-electron chi connectivity index (χ4n) is 2.59. The minimum absolute atomic E-state index is 0.207. The predicted molar refractivity (Wildman–Crippen MR) is 94.9 cm³/mol. The van der Waals surface area contributed by atoms with Gasteiger partial charge < -0.3 is 10.6 Å². The molecule has 0 atom stereocenters. The molecule has 4 aromatic rings. The molecular formula is C16H15N9O. The maximum Gasteiger partial charge on any atom is 0.222 e. The van der Waals surface area contributed by atoms with E-state index >= 15 is 0 Å². The Hall–Kier alpha value is -3.82. The first kappa shape index (κ1) is 15.7. The molecule has 0 aliphatic carbocycles. The van der Waals surface area contributed by atoms with Gasteiger partial charge in [-0.3, -0.25) is 9.89 Å². The Morgan fingerprint density at radius 3 is 2.85 bits per heavy atom. The number of rotatable bonds is 4. The summed E-state index contributed by atoms with van der Waals surface area (Å²) in [4.78, 5) is 24.7. The van der Waals surface area contributed by atoms with Crippen LogP contribution in [0.2, 0.25) is 0 Å². The molecule has 0 aliphatic rings. The van der Waals surface area contributed by atoms with Crippen LogP contribution in [0.3, 0.4) is 0 Å². The fraction of sp³-hybridized carbons (Fsp3) is 0.125. The molecule has 1 amide bonds. The van der Waals surface area contributed by atoms with E-state index in [9.17, 15) is 4.79 Å². The molecule has 0 spiro atoms. The molecule has 3 N–H and O–H groups in total. The average Bonchev–Trinajstić information content (AvgIpc) is 3.21. The second-order valence-electron chi connectivity index (χ2n) is 5.56. The number of carbonyl (C=O) groups is 1. The molecule has 0 radical (unpaired) electrons. The second kappa shape index (κ2) is 6.24. The smallest absolute Gasteiger partial charge is 0.222 e. The number of amides is 1. The number of aryl methyl sites for hydroxylation is 1. The lowest BCUT2D eigenvalue weighted by Crippen LogP contribution is -2.09. The minimum Gasteiger partial charge on any atom is -0.323 e. The molecule has 130 valence electrons. The maximum absolute atomic E-state index is 11.4. The third-order valence-corrected chi connectivity index (χ3v) is 3.53. The molecule has 0 saturated heterocycles. The minimum atomic E-state index is -0.207. The number of hydrogen-bond donors (Lipinski definition) is 3. The van der Waals surface area contributed by atoms with Crippen molar-refractivity contribution in [3.05, 3.63) is 42.5 Å². The van der Waals surface area contributed by atoms with Gasteiger partial charge in [0.25, 0.3) is 0 Å². The Labute approximate surface area is 147 Å². The Kier molecular flexibility index (Phi) is 3.77. The number of carbonyl (C=O) groups excluding carboxylic acids is 1. The van der Waals surface area contributed by atoms with E-state index in [4.69, 9.17) is 0 Å². The van der Waals surface area contributed by atoms with Crippen molar-refractivity contribution >= 4 is 29.0 Å². The molecule has 10 heteroatoms. The van der Waals surface area contributed by atoms with Crippen LogP contribution in [0.1, 0.15) is 12.7 Å². The van der Waals surface area contributed by atoms with Gasteiger partial charge in [-0.25, -0.2) is 19.5 Å². The number of imidazole rings is 1. The van der Waals surface area contributed by atoms with Crippen molar-refractivity contribution in [2.75, 3.05) is 10.6 Å².